The van der Waals surface area contributed by atoms with Crippen molar-refractivity contribution in [1.82, 2.24) is 4.90 Å². The van der Waals surface area contributed by atoms with Crippen LogP contribution in [0.2, 0.25) is 0 Å². The molecule has 2 rings (SSSR count). The molecule has 0 N–H and O–H groups in total. The van der Waals surface area contributed by atoms with E-state index in [4.69, 9.17) is 0 Å². The fourth-order valence-corrected chi connectivity index (χ4v) is 3.47. The van der Waals surface area contributed by atoms with Gasteiger partial charge in [0.05, 0.1) is 6.54 Å². The molecule has 1 unspecified atom stereocenters. The number of Topliss-reactive ketones (excluding diaryl/α,β-unsaturated/α-hetero) is 1. The van der Waals surface area contributed by atoms with Crippen molar-refractivity contribution in [1.29, 1.82) is 0 Å². The van der Waals surface area contributed by atoms with Gasteiger partial charge in [0.2, 0.25) is 0 Å². The van der Waals surface area contributed by atoms with Gasteiger partial charge in [-0.05, 0) is 32.5 Å². The van der Waals surface area contributed by atoms with Crippen molar-refractivity contribution in [3.8, 4) is 11.8 Å². The molecule has 2 nitrogen and oxygen atoms in total. The van der Waals surface area contributed by atoms with Crippen LogP contribution in [0.1, 0.15) is 50.5 Å². The minimum atomic E-state index is -1.86. The van der Waals surface area contributed by atoms with Crippen molar-refractivity contribution in [2.24, 2.45) is 5.92 Å². The van der Waals surface area contributed by atoms with Gasteiger partial charge >= 0.3 is 0 Å². The Labute approximate surface area is 145 Å². The summed E-state index contributed by atoms with van der Waals surface area (Å²) in [6, 6.07) is 9.00. The summed E-state index contributed by atoms with van der Waals surface area (Å²) < 4.78 is 16.0. The first kappa shape index (κ1) is 18.7. The van der Waals surface area contributed by atoms with Crippen LogP contribution in [0, 0.1) is 17.8 Å². The highest BCUT2D eigenvalue weighted by Crippen LogP contribution is 2.43. The molecule has 1 aliphatic rings. The zero-order chi connectivity index (χ0) is 17.4. The lowest BCUT2D eigenvalue weighted by Gasteiger charge is -2.35. The number of ketones is 1. The smallest absolute Gasteiger partial charge is 0.196 e. The molecule has 0 bridgehead atoms. The topological polar surface area (TPSA) is 20.3 Å². The third kappa shape index (κ3) is 4.68. The average molecular weight is 329 g/mol. The number of carbonyl (C=O) groups excluding carboxylic acids is 1. The van der Waals surface area contributed by atoms with Crippen molar-refractivity contribution in [3.63, 3.8) is 0 Å². The third-order valence-corrected chi connectivity index (χ3v) is 4.76. The molecule has 0 heterocycles. The Bertz CT molecular complexity index is 581. The highest BCUT2D eigenvalue weighted by Gasteiger charge is 2.46. The van der Waals surface area contributed by atoms with Gasteiger partial charge in [-0.3, -0.25) is 9.69 Å². The minimum absolute atomic E-state index is 0.183. The van der Waals surface area contributed by atoms with Crippen LogP contribution >= 0.6 is 0 Å². The number of rotatable bonds is 6. The van der Waals surface area contributed by atoms with Crippen LogP contribution in [0.4, 0.5) is 4.39 Å². The third-order valence-electron chi connectivity index (χ3n) is 4.76. The fourth-order valence-electron chi connectivity index (χ4n) is 3.47. The van der Waals surface area contributed by atoms with Crippen molar-refractivity contribution in [3.05, 3.63) is 35.9 Å². The van der Waals surface area contributed by atoms with Gasteiger partial charge in [0.15, 0.2) is 11.5 Å². The SMILES string of the molecule is CN(C)CC#CCCC(=O)C(F)(c1ccccc1)C1CCCCC1. The Morgan fingerprint density at radius 2 is 1.83 bits per heavy atom. The number of hydrogen-bond donors (Lipinski definition) is 0. The van der Waals surface area contributed by atoms with Gasteiger partial charge in [-0.25, -0.2) is 4.39 Å². The van der Waals surface area contributed by atoms with Gasteiger partial charge in [0.25, 0.3) is 0 Å². The molecule has 0 amide bonds. The van der Waals surface area contributed by atoms with E-state index in [1.807, 2.05) is 37.2 Å². The summed E-state index contributed by atoms with van der Waals surface area (Å²) in [5, 5.41) is 0. The number of nitrogens with zero attached hydrogens (tertiary/aromatic N) is 1. The first-order valence-corrected chi connectivity index (χ1v) is 8.93. The van der Waals surface area contributed by atoms with Gasteiger partial charge in [-0.1, -0.05) is 55.5 Å². The van der Waals surface area contributed by atoms with E-state index in [1.54, 1.807) is 12.1 Å². The van der Waals surface area contributed by atoms with Crippen LogP contribution < -0.4 is 0 Å². The summed E-state index contributed by atoms with van der Waals surface area (Å²) in [4.78, 5) is 14.8. The maximum atomic E-state index is 16.0. The molecule has 1 aromatic carbocycles. The van der Waals surface area contributed by atoms with Crippen LogP contribution in [-0.4, -0.2) is 31.3 Å². The van der Waals surface area contributed by atoms with E-state index in [0.717, 1.165) is 32.1 Å². The van der Waals surface area contributed by atoms with E-state index in [0.29, 0.717) is 18.5 Å². The summed E-state index contributed by atoms with van der Waals surface area (Å²) in [6.07, 6.45) is 5.37. The fraction of sp³-hybridized carbons (Fsp3) is 0.571. The van der Waals surface area contributed by atoms with E-state index in [1.165, 1.54) is 0 Å². The van der Waals surface area contributed by atoms with E-state index in [-0.39, 0.29) is 18.1 Å². The predicted molar refractivity (Wildman–Crippen MR) is 96.4 cm³/mol. The van der Waals surface area contributed by atoms with Crippen LogP contribution in [-0.2, 0) is 10.5 Å². The summed E-state index contributed by atoms with van der Waals surface area (Å²) in [7, 11) is 3.90. The molecule has 1 atom stereocenters. The first-order chi connectivity index (χ1) is 11.5. The van der Waals surface area contributed by atoms with E-state index in [9.17, 15) is 4.79 Å². The Hall–Kier alpha value is -1.66. The monoisotopic (exact) mass is 329 g/mol. The molecule has 24 heavy (non-hydrogen) atoms. The van der Waals surface area contributed by atoms with E-state index < -0.39 is 5.67 Å². The molecule has 0 aromatic heterocycles. The Morgan fingerprint density at radius 1 is 1.17 bits per heavy atom. The Balaban J connectivity index is 2.13. The molecule has 1 aliphatic carbocycles. The quantitative estimate of drug-likeness (QED) is 0.723. The number of benzene rings is 1. The summed E-state index contributed by atoms with van der Waals surface area (Å²) in [5.41, 5.74) is -1.34. The molecule has 130 valence electrons. The largest absolute Gasteiger partial charge is 0.299 e. The number of alkyl halides is 1. The molecule has 0 aliphatic heterocycles. The molecule has 0 saturated heterocycles. The van der Waals surface area contributed by atoms with Crippen LogP contribution in [0.25, 0.3) is 0 Å². The van der Waals surface area contributed by atoms with Gasteiger partial charge in [-0.2, -0.15) is 0 Å². The second kappa shape index (κ2) is 8.99. The molecule has 3 heteroatoms. The maximum absolute atomic E-state index is 16.0. The van der Waals surface area contributed by atoms with Gasteiger partial charge in [-0.15, -0.1) is 5.92 Å². The minimum Gasteiger partial charge on any atom is -0.299 e. The van der Waals surface area contributed by atoms with Gasteiger partial charge < -0.3 is 0 Å². The van der Waals surface area contributed by atoms with Crippen molar-refractivity contribution >= 4 is 5.78 Å². The molecule has 1 saturated carbocycles. The first-order valence-electron chi connectivity index (χ1n) is 8.93. The van der Waals surface area contributed by atoms with E-state index >= 15 is 4.39 Å². The Kier molecular flexibility index (Phi) is 6.99. The zero-order valence-corrected chi connectivity index (χ0v) is 14.9. The molecule has 1 aromatic rings. The second-order valence-electron chi connectivity index (χ2n) is 6.93. The van der Waals surface area contributed by atoms with Crippen LogP contribution in [0.15, 0.2) is 30.3 Å². The van der Waals surface area contributed by atoms with Gasteiger partial charge in [0.1, 0.15) is 0 Å². The van der Waals surface area contributed by atoms with E-state index in [2.05, 4.69) is 11.8 Å². The van der Waals surface area contributed by atoms with Crippen molar-refractivity contribution in [2.75, 3.05) is 20.6 Å². The molecule has 0 spiro atoms. The average Bonchev–Trinajstić information content (AvgIpc) is 2.61. The highest BCUT2D eigenvalue weighted by atomic mass is 19.1. The highest BCUT2D eigenvalue weighted by molar-refractivity contribution is 5.89. The van der Waals surface area contributed by atoms with Crippen LogP contribution in [0.5, 0.6) is 0 Å². The lowest BCUT2D eigenvalue weighted by atomic mass is 9.71. The standard InChI is InChI=1S/C21H28FNO/c1-23(2)17-11-5-10-16-20(24)21(22,18-12-6-3-7-13-18)19-14-8-4-9-15-19/h3,6-7,12-13,19H,4,8-10,14-17H2,1-2H3. The molecule has 1 fully saturated rings. The number of halogens is 1. The predicted octanol–water partition coefficient (Wildman–Crippen LogP) is 4.35. The lowest BCUT2D eigenvalue weighted by Crippen LogP contribution is -2.40. The van der Waals surface area contributed by atoms with Crippen LogP contribution in [0.3, 0.4) is 0 Å². The summed E-state index contributed by atoms with van der Waals surface area (Å²) >= 11 is 0. The summed E-state index contributed by atoms with van der Waals surface area (Å²) in [6.45, 7) is 0.663. The summed E-state index contributed by atoms with van der Waals surface area (Å²) in [5.74, 6) is 5.50. The molecular weight excluding hydrogens is 301 g/mol. The number of hydrogen-bond acceptors (Lipinski definition) is 2. The molecule has 0 radical (unpaired) electrons. The Morgan fingerprint density at radius 3 is 2.46 bits per heavy atom. The zero-order valence-electron chi connectivity index (χ0n) is 14.9. The van der Waals surface area contributed by atoms with Crippen molar-refractivity contribution < 1.29 is 9.18 Å². The normalized spacial score (nSPS) is 17.8. The number of carbonyl (C=O) groups is 1. The maximum Gasteiger partial charge on any atom is 0.196 e. The molecular formula is C21H28FNO. The second-order valence-corrected chi connectivity index (χ2v) is 6.93. The van der Waals surface area contributed by atoms with Gasteiger partial charge in [0, 0.05) is 18.8 Å². The lowest BCUT2D eigenvalue weighted by molar-refractivity contribution is -0.136. The van der Waals surface area contributed by atoms with Crippen molar-refractivity contribution in [2.45, 2.75) is 50.6 Å².